The van der Waals surface area contributed by atoms with Gasteiger partial charge in [0, 0.05) is 6.54 Å². The molecule has 0 heterocycles. The Labute approximate surface area is 126 Å². The second kappa shape index (κ2) is 9.99. The van der Waals surface area contributed by atoms with Gasteiger partial charge >= 0.3 is 0 Å². The molecule has 0 amide bonds. The van der Waals surface area contributed by atoms with Crippen LogP contribution in [0.25, 0.3) is 0 Å². The van der Waals surface area contributed by atoms with Crippen molar-refractivity contribution in [2.24, 2.45) is 10.7 Å². The molecule has 3 N–H and O–H groups in total. The number of halogens is 1. The summed E-state index contributed by atoms with van der Waals surface area (Å²) in [6.07, 6.45) is 1.00. The second-order valence-corrected chi connectivity index (χ2v) is 3.86. The van der Waals surface area contributed by atoms with Gasteiger partial charge in [0.25, 0.3) is 0 Å². The molecular weight excluding hydrogens is 341 g/mol. The Morgan fingerprint density at radius 3 is 2.89 bits per heavy atom. The summed E-state index contributed by atoms with van der Waals surface area (Å²) < 4.78 is 5.57. The van der Waals surface area contributed by atoms with Crippen molar-refractivity contribution in [1.29, 1.82) is 0 Å². The fraction of sp³-hybridized carbons (Fsp3) is 0.462. The first-order chi connectivity index (χ1) is 8.22. The Hall–Kier alpha value is -0.980. The largest absolute Gasteiger partial charge is 0.492 e. The second-order valence-electron chi connectivity index (χ2n) is 3.86. The molecule has 1 rings (SSSR count). The quantitative estimate of drug-likeness (QED) is 0.353. The molecule has 0 saturated carbocycles. The summed E-state index contributed by atoms with van der Waals surface area (Å²) in [5.41, 5.74) is 6.84. The van der Waals surface area contributed by atoms with Gasteiger partial charge in [0.1, 0.15) is 12.4 Å². The van der Waals surface area contributed by atoms with Gasteiger partial charge in [-0.1, -0.05) is 19.1 Å². The number of benzene rings is 1. The van der Waals surface area contributed by atoms with Gasteiger partial charge < -0.3 is 15.8 Å². The number of aryl methyl sites for hydroxylation is 1. The molecule has 0 aliphatic carbocycles. The lowest BCUT2D eigenvalue weighted by molar-refractivity contribution is 0.322. The van der Waals surface area contributed by atoms with Gasteiger partial charge in [-0.25, -0.2) is 0 Å². The third-order valence-electron chi connectivity index (χ3n) is 2.17. The minimum Gasteiger partial charge on any atom is -0.492 e. The van der Waals surface area contributed by atoms with Crippen molar-refractivity contribution in [1.82, 2.24) is 5.32 Å². The molecule has 5 heteroatoms. The van der Waals surface area contributed by atoms with Crippen LogP contribution in [0.3, 0.4) is 0 Å². The first kappa shape index (κ1) is 17.0. The number of nitrogens with zero attached hydrogens (tertiary/aromatic N) is 1. The first-order valence-corrected chi connectivity index (χ1v) is 5.95. The van der Waals surface area contributed by atoms with Crippen molar-refractivity contribution in [3.05, 3.63) is 29.8 Å². The van der Waals surface area contributed by atoms with E-state index < -0.39 is 0 Å². The van der Waals surface area contributed by atoms with E-state index in [0.717, 1.165) is 18.7 Å². The summed E-state index contributed by atoms with van der Waals surface area (Å²) in [5, 5.41) is 3.01. The minimum absolute atomic E-state index is 0. The van der Waals surface area contributed by atoms with Crippen LogP contribution in [0.4, 0.5) is 0 Å². The van der Waals surface area contributed by atoms with Gasteiger partial charge in [0.05, 0.1) is 6.54 Å². The molecule has 0 fully saturated rings. The van der Waals surface area contributed by atoms with Crippen molar-refractivity contribution in [2.75, 3.05) is 19.7 Å². The highest BCUT2D eigenvalue weighted by Crippen LogP contribution is 2.11. The maximum Gasteiger partial charge on any atom is 0.188 e. The Balaban J connectivity index is 0.00000289. The smallest absolute Gasteiger partial charge is 0.188 e. The van der Waals surface area contributed by atoms with E-state index in [9.17, 15) is 0 Å². The van der Waals surface area contributed by atoms with Gasteiger partial charge in [0.2, 0.25) is 0 Å². The van der Waals surface area contributed by atoms with Crippen LogP contribution in [-0.2, 0) is 0 Å². The number of rotatable bonds is 6. The lowest BCUT2D eigenvalue weighted by Crippen LogP contribution is -2.34. The summed E-state index contributed by atoms with van der Waals surface area (Å²) in [4.78, 5) is 4.13. The molecule has 0 aliphatic rings. The monoisotopic (exact) mass is 363 g/mol. The summed E-state index contributed by atoms with van der Waals surface area (Å²) >= 11 is 0. The molecule has 0 unspecified atom stereocenters. The average Bonchev–Trinajstić information content (AvgIpc) is 2.32. The predicted molar refractivity (Wildman–Crippen MR) is 86.9 cm³/mol. The first-order valence-electron chi connectivity index (χ1n) is 5.95. The van der Waals surface area contributed by atoms with Crippen LogP contribution in [-0.4, -0.2) is 25.7 Å². The Morgan fingerprint density at radius 1 is 1.44 bits per heavy atom. The molecule has 18 heavy (non-hydrogen) atoms. The number of hydrogen-bond acceptors (Lipinski definition) is 2. The Morgan fingerprint density at radius 2 is 2.22 bits per heavy atom. The zero-order valence-corrected chi connectivity index (χ0v) is 13.3. The number of hydrogen-bond donors (Lipinski definition) is 2. The SMILES string of the molecule is CCCN=C(N)NCCOc1cccc(C)c1.I. The van der Waals surface area contributed by atoms with Crippen molar-refractivity contribution < 1.29 is 4.74 Å². The third kappa shape index (κ3) is 7.37. The van der Waals surface area contributed by atoms with E-state index in [0.29, 0.717) is 19.1 Å². The summed E-state index contributed by atoms with van der Waals surface area (Å²) in [5.74, 6) is 1.37. The fourth-order valence-electron chi connectivity index (χ4n) is 1.34. The molecule has 1 aromatic carbocycles. The van der Waals surface area contributed by atoms with E-state index in [1.165, 1.54) is 5.56 Å². The molecule has 0 bridgehead atoms. The van der Waals surface area contributed by atoms with E-state index in [4.69, 9.17) is 10.5 Å². The van der Waals surface area contributed by atoms with Gasteiger partial charge in [-0.3, -0.25) is 4.99 Å². The van der Waals surface area contributed by atoms with Crippen LogP contribution in [0.15, 0.2) is 29.3 Å². The standard InChI is InChI=1S/C13H21N3O.HI/c1-3-7-15-13(14)16-8-9-17-12-6-4-5-11(2)10-12;/h4-6,10H,3,7-9H2,1-2H3,(H3,14,15,16);1H. The maximum atomic E-state index is 5.65. The van der Waals surface area contributed by atoms with Crippen LogP contribution in [0.2, 0.25) is 0 Å². The normalized spacial score (nSPS) is 10.7. The highest BCUT2D eigenvalue weighted by Gasteiger charge is 1.94. The van der Waals surface area contributed by atoms with Crippen LogP contribution in [0.5, 0.6) is 5.75 Å². The lowest BCUT2D eigenvalue weighted by Gasteiger charge is -2.08. The van der Waals surface area contributed by atoms with Crippen LogP contribution >= 0.6 is 24.0 Å². The third-order valence-corrected chi connectivity index (χ3v) is 2.17. The molecule has 0 aromatic heterocycles. The molecule has 0 atom stereocenters. The molecule has 0 spiro atoms. The predicted octanol–water partition coefficient (Wildman–Crippen LogP) is 2.31. The van der Waals surface area contributed by atoms with Crippen LogP contribution in [0, 0.1) is 6.92 Å². The number of ether oxygens (including phenoxy) is 1. The van der Waals surface area contributed by atoms with E-state index in [1.54, 1.807) is 0 Å². The molecule has 1 aromatic rings. The van der Waals surface area contributed by atoms with Gasteiger partial charge in [-0.2, -0.15) is 0 Å². The van der Waals surface area contributed by atoms with Gasteiger partial charge in [-0.05, 0) is 31.0 Å². The summed E-state index contributed by atoms with van der Waals surface area (Å²) in [6.45, 7) is 6.11. The van der Waals surface area contributed by atoms with Crippen molar-refractivity contribution in [3.63, 3.8) is 0 Å². The van der Waals surface area contributed by atoms with E-state index in [1.807, 2.05) is 31.2 Å². The molecule has 102 valence electrons. The fourth-order valence-corrected chi connectivity index (χ4v) is 1.34. The maximum absolute atomic E-state index is 5.65. The number of aliphatic imine (C=N–C) groups is 1. The van der Waals surface area contributed by atoms with E-state index in [-0.39, 0.29) is 24.0 Å². The molecule has 0 saturated heterocycles. The Bertz CT molecular complexity index is 369. The van der Waals surface area contributed by atoms with Gasteiger partial charge in [0.15, 0.2) is 5.96 Å². The topological polar surface area (TPSA) is 59.6 Å². The highest BCUT2D eigenvalue weighted by atomic mass is 127. The van der Waals surface area contributed by atoms with Crippen molar-refractivity contribution >= 4 is 29.9 Å². The van der Waals surface area contributed by atoms with Crippen LogP contribution < -0.4 is 15.8 Å². The zero-order valence-electron chi connectivity index (χ0n) is 11.0. The van der Waals surface area contributed by atoms with Crippen LogP contribution in [0.1, 0.15) is 18.9 Å². The van der Waals surface area contributed by atoms with Gasteiger partial charge in [-0.15, -0.1) is 24.0 Å². The average molecular weight is 363 g/mol. The van der Waals surface area contributed by atoms with E-state index >= 15 is 0 Å². The lowest BCUT2D eigenvalue weighted by atomic mass is 10.2. The highest BCUT2D eigenvalue weighted by molar-refractivity contribution is 14.0. The Kier molecular flexibility index (Phi) is 9.45. The number of guanidine groups is 1. The molecule has 0 aliphatic heterocycles. The van der Waals surface area contributed by atoms with Crippen molar-refractivity contribution in [3.8, 4) is 5.75 Å². The van der Waals surface area contributed by atoms with Crippen molar-refractivity contribution in [2.45, 2.75) is 20.3 Å². The number of nitrogens with one attached hydrogen (secondary N) is 1. The zero-order chi connectivity index (χ0) is 12.5. The van der Waals surface area contributed by atoms with E-state index in [2.05, 4.69) is 17.2 Å². The summed E-state index contributed by atoms with van der Waals surface area (Å²) in [7, 11) is 0. The minimum atomic E-state index is 0. The number of nitrogens with two attached hydrogens (primary N) is 1. The molecule has 0 radical (unpaired) electrons. The molecular formula is C13H22IN3O. The summed E-state index contributed by atoms with van der Waals surface area (Å²) in [6, 6.07) is 7.98. The molecule has 4 nitrogen and oxygen atoms in total.